The largest absolute Gasteiger partial charge is 0.447 e. The van der Waals surface area contributed by atoms with Crippen LogP contribution in [0.5, 0.6) is 0 Å². The van der Waals surface area contributed by atoms with Crippen molar-refractivity contribution in [3.63, 3.8) is 0 Å². The van der Waals surface area contributed by atoms with E-state index in [1.54, 1.807) is 0 Å². The van der Waals surface area contributed by atoms with Gasteiger partial charge < -0.3 is 20.5 Å². The molecule has 0 spiro atoms. The minimum atomic E-state index is -1.38. The molecule has 11 heteroatoms. The number of nitrogens with one attached hydrogen (secondary N) is 2. The van der Waals surface area contributed by atoms with E-state index < -0.39 is 33.9 Å². The summed E-state index contributed by atoms with van der Waals surface area (Å²) in [5.41, 5.74) is 0.139. The van der Waals surface area contributed by atoms with Gasteiger partial charge in [0, 0.05) is 18.7 Å². The predicted molar refractivity (Wildman–Crippen MR) is 132 cm³/mol. The highest BCUT2D eigenvalue weighted by atomic mass is 35.5. The topological polar surface area (TPSA) is 131 Å². The number of hydrogen-bond donors (Lipinski definition) is 3. The van der Waals surface area contributed by atoms with Crippen LogP contribution in [0.2, 0.25) is 0 Å². The van der Waals surface area contributed by atoms with Crippen LogP contribution in [-0.4, -0.2) is 46.1 Å². The van der Waals surface area contributed by atoms with Crippen LogP contribution in [0.25, 0.3) is 0 Å². The molecule has 1 aromatic carbocycles. The van der Waals surface area contributed by atoms with Gasteiger partial charge in [-0.25, -0.2) is 4.79 Å². The van der Waals surface area contributed by atoms with Gasteiger partial charge in [0.15, 0.2) is 4.84 Å². The van der Waals surface area contributed by atoms with Gasteiger partial charge in [-0.05, 0) is 24.1 Å². The first kappa shape index (κ1) is 29.9. The fourth-order valence-electron chi connectivity index (χ4n) is 3.33. The van der Waals surface area contributed by atoms with Crippen molar-refractivity contribution in [3.8, 4) is 0 Å². The number of rotatable bonds is 17. The third-order valence-corrected chi connectivity index (χ3v) is 5.69. The van der Waals surface area contributed by atoms with Crippen LogP contribution in [0.15, 0.2) is 24.3 Å². The molecule has 2 amide bonds. The Morgan fingerprint density at radius 1 is 1.03 bits per heavy atom. The van der Waals surface area contributed by atoms with E-state index in [2.05, 4.69) is 17.6 Å². The van der Waals surface area contributed by atoms with Gasteiger partial charge in [0.25, 0.3) is 11.6 Å². The molecule has 0 saturated heterocycles. The maximum Gasteiger partial charge on any atom is 0.407 e. The summed E-state index contributed by atoms with van der Waals surface area (Å²) >= 11 is 11.1. The van der Waals surface area contributed by atoms with E-state index in [1.807, 2.05) is 0 Å². The summed E-state index contributed by atoms with van der Waals surface area (Å²) < 4.78 is 5.15. The number of non-ortho nitro benzene ring substituents is 1. The minimum absolute atomic E-state index is 0.148. The van der Waals surface area contributed by atoms with Crippen LogP contribution in [0.3, 0.4) is 0 Å². The molecule has 34 heavy (non-hydrogen) atoms. The summed E-state index contributed by atoms with van der Waals surface area (Å²) in [7, 11) is 0. The zero-order valence-corrected chi connectivity index (χ0v) is 21.0. The van der Waals surface area contributed by atoms with Crippen LogP contribution >= 0.6 is 23.2 Å². The number of ether oxygens (including phenoxy) is 1. The van der Waals surface area contributed by atoms with Crippen molar-refractivity contribution >= 4 is 40.9 Å². The van der Waals surface area contributed by atoms with E-state index in [0.29, 0.717) is 6.54 Å². The number of carbonyl (C=O) groups excluding carboxylic acids is 2. The second-order valence-corrected chi connectivity index (χ2v) is 9.16. The van der Waals surface area contributed by atoms with Crippen LogP contribution in [0.4, 0.5) is 10.5 Å². The van der Waals surface area contributed by atoms with Crippen molar-refractivity contribution in [3.05, 3.63) is 39.9 Å². The van der Waals surface area contributed by atoms with Crippen molar-refractivity contribution in [2.75, 3.05) is 13.2 Å². The standard InChI is InChI=1S/C23H35Cl2N3O6/c1-2-3-4-5-6-7-8-9-10-15-26-23(31)34-16-19(27-22(30)21(24)25)20(29)17-11-13-18(14-12-17)28(32)33/h11-14,19-21,29H,2-10,15-16H2,1H3,(H,26,31)(H,27,30)/t19-,20-/m1/s1. The highest BCUT2D eigenvalue weighted by Crippen LogP contribution is 2.21. The Morgan fingerprint density at radius 2 is 1.59 bits per heavy atom. The number of benzene rings is 1. The Hall–Kier alpha value is -2.10. The fraction of sp³-hybridized carbons (Fsp3) is 0.652. The van der Waals surface area contributed by atoms with Crippen molar-refractivity contribution < 1.29 is 24.4 Å². The quantitative estimate of drug-likeness (QED) is 0.112. The zero-order valence-electron chi connectivity index (χ0n) is 19.5. The number of alkyl carbamates (subject to hydrolysis) is 1. The summed E-state index contributed by atoms with van der Waals surface area (Å²) in [6.07, 6.45) is 8.50. The van der Waals surface area contributed by atoms with E-state index in [9.17, 15) is 24.8 Å². The number of nitrogens with zero attached hydrogens (tertiary/aromatic N) is 1. The SMILES string of the molecule is CCCCCCCCCCCNC(=O)OC[C@@H](NC(=O)C(Cl)Cl)[C@H](O)c1ccc([N+](=O)[O-])cc1. The predicted octanol–water partition coefficient (Wildman–Crippen LogP) is 5.17. The molecule has 0 bridgehead atoms. The van der Waals surface area contributed by atoms with Gasteiger partial charge in [0.05, 0.1) is 11.0 Å². The number of aliphatic hydroxyl groups is 1. The summed E-state index contributed by atoms with van der Waals surface area (Å²) in [5.74, 6) is -0.770. The molecule has 0 fully saturated rings. The number of amides is 2. The number of hydrogen-bond acceptors (Lipinski definition) is 6. The lowest BCUT2D eigenvalue weighted by molar-refractivity contribution is -0.384. The van der Waals surface area contributed by atoms with E-state index >= 15 is 0 Å². The molecule has 192 valence electrons. The molecule has 0 radical (unpaired) electrons. The normalized spacial score (nSPS) is 12.7. The molecule has 0 heterocycles. The molecule has 1 aromatic rings. The highest BCUT2D eigenvalue weighted by Gasteiger charge is 2.27. The van der Waals surface area contributed by atoms with Crippen LogP contribution in [0, 0.1) is 10.1 Å². The smallest absolute Gasteiger partial charge is 0.407 e. The number of aliphatic hydroxyl groups excluding tert-OH is 1. The molecule has 0 saturated carbocycles. The third-order valence-electron chi connectivity index (χ3n) is 5.30. The fourth-order valence-corrected chi connectivity index (χ4v) is 3.45. The number of alkyl halides is 2. The van der Waals surface area contributed by atoms with Gasteiger partial charge in [0.1, 0.15) is 12.7 Å². The lowest BCUT2D eigenvalue weighted by Gasteiger charge is -2.24. The first-order valence-electron chi connectivity index (χ1n) is 11.7. The third kappa shape index (κ3) is 12.4. The van der Waals surface area contributed by atoms with Crippen LogP contribution in [-0.2, 0) is 9.53 Å². The molecule has 0 aliphatic heterocycles. The van der Waals surface area contributed by atoms with Gasteiger partial charge in [-0.2, -0.15) is 0 Å². The maximum absolute atomic E-state index is 12.0. The summed E-state index contributed by atoms with van der Waals surface area (Å²) in [6, 6.07) is 4.09. The van der Waals surface area contributed by atoms with Crippen molar-refractivity contribution in [1.82, 2.24) is 10.6 Å². The molecule has 0 aliphatic carbocycles. The zero-order chi connectivity index (χ0) is 25.3. The Bertz CT molecular complexity index is 749. The van der Waals surface area contributed by atoms with Crippen molar-refractivity contribution in [2.45, 2.75) is 81.7 Å². The number of unbranched alkanes of at least 4 members (excludes halogenated alkanes) is 8. The molecular formula is C23H35Cl2N3O6. The van der Waals surface area contributed by atoms with Crippen LogP contribution in [0.1, 0.15) is 76.4 Å². The first-order chi connectivity index (χ1) is 16.3. The summed E-state index contributed by atoms with van der Waals surface area (Å²) in [6.45, 7) is 2.31. The summed E-state index contributed by atoms with van der Waals surface area (Å²) in [4.78, 5) is 32.8. The molecule has 1 rings (SSSR count). The van der Waals surface area contributed by atoms with E-state index in [0.717, 1.165) is 19.3 Å². The maximum atomic E-state index is 12.0. The van der Waals surface area contributed by atoms with E-state index in [1.165, 1.54) is 62.8 Å². The van der Waals surface area contributed by atoms with Gasteiger partial charge in [0.2, 0.25) is 0 Å². The molecule has 0 aromatic heterocycles. The number of nitro groups is 1. The first-order valence-corrected chi connectivity index (χ1v) is 12.5. The Balaban J connectivity index is 2.45. The number of halogens is 2. The second kappa shape index (κ2) is 17.4. The van der Waals surface area contributed by atoms with Gasteiger partial charge in [-0.15, -0.1) is 0 Å². The van der Waals surface area contributed by atoms with Gasteiger partial charge in [-0.1, -0.05) is 81.5 Å². The monoisotopic (exact) mass is 519 g/mol. The average Bonchev–Trinajstić information content (AvgIpc) is 2.82. The second-order valence-electron chi connectivity index (χ2n) is 8.06. The molecule has 0 aliphatic rings. The number of nitro benzene ring substituents is 1. The molecular weight excluding hydrogens is 485 g/mol. The number of carbonyl (C=O) groups is 2. The molecule has 3 N–H and O–H groups in total. The summed E-state index contributed by atoms with van der Waals surface area (Å²) in [5, 5.41) is 26.5. The van der Waals surface area contributed by atoms with Crippen molar-refractivity contribution in [1.29, 1.82) is 0 Å². The minimum Gasteiger partial charge on any atom is -0.447 e. The highest BCUT2D eigenvalue weighted by molar-refractivity contribution is 6.53. The Labute approximate surface area is 210 Å². The lowest BCUT2D eigenvalue weighted by Crippen LogP contribution is -2.45. The molecule has 0 unspecified atom stereocenters. The van der Waals surface area contributed by atoms with E-state index in [4.69, 9.17) is 27.9 Å². The van der Waals surface area contributed by atoms with E-state index in [-0.39, 0.29) is 17.9 Å². The van der Waals surface area contributed by atoms with Gasteiger partial charge in [-0.3, -0.25) is 14.9 Å². The van der Waals surface area contributed by atoms with Crippen LogP contribution < -0.4 is 10.6 Å². The molecule has 2 atom stereocenters. The lowest BCUT2D eigenvalue weighted by atomic mass is 10.0. The Morgan fingerprint density at radius 3 is 2.12 bits per heavy atom. The average molecular weight is 520 g/mol. The Kier molecular flexibility index (Phi) is 15.3. The van der Waals surface area contributed by atoms with Crippen molar-refractivity contribution in [2.24, 2.45) is 0 Å². The van der Waals surface area contributed by atoms with Gasteiger partial charge >= 0.3 is 6.09 Å². The molecule has 9 nitrogen and oxygen atoms in total.